The summed E-state index contributed by atoms with van der Waals surface area (Å²) < 4.78 is 1.84. The Balaban J connectivity index is 2.32. The highest BCUT2D eigenvalue weighted by Gasteiger charge is 2.23. The van der Waals surface area contributed by atoms with Crippen LogP contribution in [-0.2, 0) is 10.2 Å². The number of rotatable bonds is 7. The third-order valence-corrected chi connectivity index (χ3v) is 4.50. The maximum atomic E-state index is 12.7. The predicted molar refractivity (Wildman–Crippen MR) is 104 cm³/mol. The molecule has 25 heavy (non-hydrogen) atoms. The minimum Gasteiger partial charge on any atom is -0.310 e. The van der Waals surface area contributed by atoms with Crippen LogP contribution in [0, 0.1) is 5.92 Å². The second-order valence-electron chi connectivity index (χ2n) is 7.65. The fourth-order valence-corrected chi connectivity index (χ4v) is 2.80. The van der Waals surface area contributed by atoms with E-state index in [1.54, 1.807) is 0 Å². The van der Waals surface area contributed by atoms with Gasteiger partial charge in [0.1, 0.15) is 5.82 Å². The van der Waals surface area contributed by atoms with Crippen molar-refractivity contribution in [3.8, 4) is 5.69 Å². The number of hydrogen-bond donors (Lipinski definition) is 1. The highest BCUT2D eigenvalue weighted by atomic mass is 16.2. The molecule has 1 aromatic carbocycles. The quantitative estimate of drug-likeness (QED) is 0.740. The molecular formula is C21H31N3O. The van der Waals surface area contributed by atoms with E-state index >= 15 is 0 Å². The number of carbonyl (C=O) groups excluding carboxylic acids is 1. The van der Waals surface area contributed by atoms with Crippen LogP contribution in [-0.4, -0.2) is 15.7 Å². The van der Waals surface area contributed by atoms with Gasteiger partial charge >= 0.3 is 0 Å². The minimum atomic E-state index is -0.0775. The van der Waals surface area contributed by atoms with E-state index < -0.39 is 0 Å². The average Bonchev–Trinajstić information content (AvgIpc) is 3.00. The second-order valence-corrected chi connectivity index (χ2v) is 7.65. The molecule has 4 heteroatoms. The third-order valence-electron chi connectivity index (χ3n) is 4.50. The molecule has 0 aliphatic rings. The Kier molecular flexibility index (Phi) is 6.40. The normalized spacial score (nSPS) is 12.8. The van der Waals surface area contributed by atoms with Gasteiger partial charge in [-0.25, -0.2) is 4.68 Å². The van der Waals surface area contributed by atoms with Crippen LogP contribution in [0.2, 0.25) is 0 Å². The summed E-state index contributed by atoms with van der Waals surface area (Å²) in [5.41, 5.74) is 1.84. The Morgan fingerprint density at radius 1 is 1.20 bits per heavy atom. The minimum absolute atomic E-state index is 0.0529. The summed E-state index contributed by atoms with van der Waals surface area (Å²) in [6.07, 6.45) is 3.99. The summed E-state index contributed by atoms with van der Waals surface area (Å²) in [6.45, 7) is 10.6. The standard InChI is InChI=1S/C21H31N3O/c1-6-8-12-16(7-2)20(25)22-19-15-18(21(3,4)5)23-24(19)17-13-10-9-11-14-17/h9-11,13-16H,6-8,12H2,1-5H3,(H,22,25)/t16-/m0/s1. The van der Waals surface area contributed by atoms with Crippen LogP contribution in [0.5, 0.6) is 0 Å². The molecule has 0 spiro atoms. The fourth-order valence-electron chi connectivity index (χ4n) is 2.80. The molecule has 0 saturated heterocycles. The summed E-state index contributed by atoms with van der Waals surface area (Å²) in [4.78, 5) is 12.7. The lowest BCUT2D eigenvalue weighted by Crippen LogP contribution is -2.23. The van der Waals surface area contributed by atoms with E-state index in [0.29, 0.717) is 0 Å². The van der Waals surface area contributed by atoms with Crippen LogP contribution in [0.1, 0.15) is 66.0 Å². The summed E-state index contributed by atoms with van der Waals surface area (Å²) >= 11 is 0. The molecule has 1 amide bonds. The van der Waals surface area contributed by atoms with E-state index in [-0.39, 0.29) is 17.2 Å². The van der Waals surface area contributed by atoms with Gasteiger partial charge in [0.25, 0.3) is 0 Å². The molecule has 0 aliphatic carbocycles. The number of carbonyl (C=O) groups is 1. The Labute approximate surface area is 151 Å². The molecule has 1 atom stereocenters. The topological polar surface area (TPSA) is 46.9 Å². The smallest absolute Gasteiger partial charge is 0.228 e. The number of hydrogen-bond acceptors (Lipinski definition) is 2. The molecular weight excluding hydrogens is 310 g/mol. The number of benzene rings is 1. The molecule has 1 N–H and O–H groups in total. The van der Waals surface area contributed by atoms with Gasteiger partial charge in [0.2, 0.25) is 5.91 Å². The first-order valence-electron chi connectivity index (χ1n) is 9.33. The van der Waals surface area contributed by atoms with E-state index in [1.165, 1.54) is 0 Å². The Morgan fingerprint density at radius 2 is 1.88 bits per heavy atom. The van der Waals surface area contributed by atoms with Crippen molar-refractivity contribution in [3.63, 3.8) is 0 Å². The second kappa shape index (κ2) is 8.32. The van der Waals surface area contributed by atoms with Gasteiger partial charge in [-0.2, -0.15) is 5.10 Å². The zero-order valence-electron chi connectivity index (χ0n) is 16.2. The SMILES string of the molecule is CCCC[C@H](CC)C(=O)Nc1cc(C(C)(C)C)nn1-c1ccccc1. The lowest BCUT2D eigenvalue weighted by molar-refractivity contribution is -0.120. The third kappa shape index (κ3) is 4.94. The first-order valence-corrected chi connectivity index (χ1v) is 9.33. The largest absolute Gasteiger partial charge is 0.310 e. The van der Waals surface area contributed by atoms with Gasteiger partial charge in [0, 0.05) is 17.4 Å². The maximum Gasteiger partial charge on any atom is 0.228 e. The van der Waals surface area contributed by atoms with Gasteiger partial charge in [0.05, 0.1) is 11.4 Å². The number of para-hydroxylation sites is 1. The highest BCUT2D eigenvalue weighted by molar-refractivity contribution is 5.92. The van der Waals surface area contributed by atoms with Crippen molar-refractivity contribution in [3.05, 3.63) is 42.1 Å². The lowest BCUT2D eigenvalue weighted by atomic mass is 9.92. The molecule has 0 fully saturated rings. The van der Waals surface area contributed by atoms with E-state index in [4.69, 9.17) is 5.10 Å². The summed E-state index contributed by atoms with van der Waals surface area (Å²) in [7, 11) is 0. The molecule has 1 heterocycles. The molecule has 2 aromatic rings. The molecule has 136 valence electrons. The average molecular weight is 341 g/mol. The first kappa shape index (κ1) is 19.2. The molecule has 4 nitrogen and oxygen atoms in total. The van der Waals surface area contributed by atoms with Gasteiger partial charge in [-0.3, -0.25) is 4.79 Å². The predicted octanol–water partition coefficient (Wildman–Crippen LogP) is 5.32. The number of aromatic nitrogens is 2. The summed E-state index contributed by atoms with van der Waals surface area (Å²) in [6, 6.07) is 11.9. The fraction of sp³-hybridized carbons (Fsp3) is 0.524. The van der Waals surface area contributed by atoms with Crippen LogP contribution < -0.4 is 5.32 Å². The van der Waals surface area contributed by atoms with Gasteiger partial charge in [-0.1, -0.05) is 65.7 Å². The van der Waals surface area contributed by atoms with Gasteiger partial charge in [-0.15, -0.1) is 0 Å². The van der Waals surface area contributed by atoms with Crippen LogP contribution in [0.3, 0.4) is 0 Å². The van der Waals surface area contributed by atoms with E-state index in [1.807, 2.05) is 41.1 Å². The van der Waals surface area contributed by atoms with Gasteiger partial charge < -0.3 is 5.32 Å². The monoisotopic (exact) mass is 341 g/mol. The zero-order valence-corrected chi connectivity index (χ0v) is 16.2. The Morgan fingerprint density at radius 3 is 2.44 bits per heavy atom. The summed E-state index contributed by atoms with van der Waals surface area (Å²) in [5.74, 6) is 0.890. The van der Waals surface area contributed by atoms with E-state index in [0.717, 1.165) is 42.9 Å². The molecule has 2 rings (SSSR count). The van der Waals surface area contributed by atoms with Crippen LogP contribution in [0.25, 0.3) is 5.69 Å². The number of unbranched alkanes of at least 4 members (excludes halogenated alkanes) is 1. The molecule has 1 aromatic heterocycles. The van der Waals surface area contributed by atoms with Crippen molar-refractivity contribution in [1.29, 1.82) is 0 Å². The summed E-state index contributed by atoms with van der Waals surface area (Å²) in [5, 5.41) is 7.88. The first-order chi connectivity index (χ1) is 11.9. The van der Waals surface area contributed by atoms with Gasteiger partial charge in [-0.05, 0) is 25.0 Å². The van der Waals surface area contributed by atoms with Crippen molar-refractivity contribution in [2.45, 2.75) is 65.7 Å². The van der Waals surface area contributed by atoms with Gasteiger partial charge in [0.15, 0.2) is 0 Å². The van der Waals surface area contributed by atoms with Crippen molar-refractivity contribution in [2.24, 2.45) is 5.92 Å². The van der Waals surface area contributed by atoms with Crippen molar-refractivity contribution in [2.75, 3.05) is 5.32 Å². The molecule has 0 unspecified atom stereocenters. The lowest BCUT2D eigenvalue weighted by Gasteiger charge is -2.15. The van der Waals surface area contributed by atoms with E-state index in [9.17, 15) is 4.79 Å². The molecule has 0 radical (unpaired) electrons. The highest BCUT2D eigenvalue weighted by Crippen LogP contribution is 2.27. The van der Waals surface area contributed by atoms with Crippen molar-refractivity contribution >= 4 is 11.7 Å². The number of anilines is 1. The molecule has 0 bridgehead atoms. The zero-order chi connectivity index (χ0) is 18.4. The number of nitrogens with zero attached hydrogens (tertiary/aromatic N) is 2. The Bertz CT molecular complexity index is 683. The van der Waals surface area contributed by atoms with Crippen molar-refractivity contribution < 1.29 is 4.79 Å². The van der Waals surface area contributed by atoms with Crippen LogP contribution >= 0.6 is 0 Å². The van der Waals surface area contributed by atoms with Crippen LogP contribution in [0.4, 0.5) is 5.82 Å². The van der Waals surface area contributed by atoms with E-state index in [2.05, 4.69) is 39.9 Å². The number of amides is 1. The Hall–Kier alpha value is -2.10. The van der Waals surface area contributed by atoms with Crippen molar-refractivity contribution in [1.82, 2.24) is 9.78 Å². The maximum absolute atomic E-state index is 12.7. The van der Waals surface area contributed by atoms with Crippen LogP contribution in [0.15, 0.2) is 36.4 Å². The number of nitrogens with one attached hydrogen (secondary N) is 1. The molecule has 0 aliphatic heterocycles. The molecule has 0 saturated carbocycles.